The quantitative estimate of drug-likeness (QED) is 0.495. The van der Waals surface area contributed by atoms with Crippen LogP contribution in [-0.4, -0.2) is 35.6 Å². The first-order chi connectivity index (χ1) is 12.2. The number of benzene rings is 1. The van der Waals surface area contributed by atoms with E-state index in [9.17, 15) is 4.79 Å². The Morgan fingerprint density at radius 3 is 2.84 bits per heavy atom. The monoisotopic (exact) mass is 381 g/mol. The van der Waals surface area contributed by atoms with Gasteiger partial charge in [0.1, 0.15) is 0 Å². The van der Waals surface area contributed by atoms with Crippen LogP contribution in [-0.2, 0) is 11.2 Å². The van der Waals surface area contributed by atoms with Gasteiger partial charge in [-0.1, -0.05) is 36.1 Å². The highest BCUT2D eigenvalue weighted by molar-refractivity contribution is 8.01. The number of rotatable bonds is 10. The van der Waals surface area contributed by atoms with Gasteiger partial charge in [0, 0.05) is 12.2 Å². The lowest BCUT2D eigenvalue weighted by Crippen LogP contribution is -2.12. The first-order valence-electron chi connectivity index (χ1n) is 8.22. The smallest absolute Gasteiger partial charge is 0.226 e. The van der Waals surface area contributed by atoms with Crippen molar-refractivity contribution in [3.05, 3.63) is 23.8 Å². The van der Waals surface area contributed by atoms with E-state index in [0.717, 1.165) is 22.1 Å². The molecule has 1 aromatic carbocycles. The number of aromatic nitrogens is 2. The minimum atomic E-state index is -0.0731. The summed E-state index contributed by atoms with van der Waals surface area (Å²) in [6, 6.07) is 5.73. The summed E-state index contributed by atoms with van der Waals surface area (Å²) in [5.74, 6) is 2.32. The lowest BCUT2D eigenvalue weighted by molar-refractivity contribution is -0.116. The van der Waals surface area contributed by atoms with E-state index in [-0.39, 0.29) is 5.91 Å². The number of carbonyl (C=O) groups is 1. The number of thioether (sulfide) groups is 1. The number of amides is 1. The number of anilines is 1. The maximum absolute atomic E-state index is 12.1. The predicted octanol–water partition coefficient (Wildman–Crippen LogP) is 4.02. The number of carbonyl (C=O) groups excluding carboxylic acids is 1. The van der Waals surface area contributed by atoms with Crippen molar-refractivity contribution < 1.29 is 14.3 Å². The summed E-state index contributed by atoms with van der Waals surface area (Å²) in [4.78, 5) is 12.1. The fourth-order valence-electron chi connectivity index (χ4n) is 2.09. The molecule has 0 aliphatic carbocycles. The van der Waals surface area contributed by atoms with Crippen molar-refractivity contribution in [2.75, 3.05) is 24.8 Å². The number of hydrogen-bond donors (Lipinski definition) is 1. The van der Waals surface area contributed by atoms with E-state index in [2.05, 4.69) is 22.4 Å². The fourth-order valence-corrected chi connectivity index (χ4v) is 3.78. The summed E-state index contributed by atoms with van der Waals surface area (Å²) < 4.78 is 11.7. The number of methoxy groups -OCH3 is 1. The molecule has 0 spiro atoms. The predicted molar refractivity (Wildman–Crippen MR) is 102 cm³/mol. The third kappa shape index (κ3) is 6.21. The molecular weight excluding hydrogens is 358 g/mol. The Balaban J connectivity index is 1.86. The maximum atomic E-state index is 12.1. The van der Waals surface area contributed by atoms with Crippen LogP contribution in [0.15, 0.2) is 22.5 Å². The minimum absolute atomic E-state index is 0.0731. The Labute approximate surface area is 156 Å². The molecule has 25 heavy (non-hydrogen) atoms. The number of nitrogens with one attached hydrogen (secondary N) is 1. The normalized spacial score (nSPS) is 10.5. The van der Waals surface area contributed by atoms with Crippen LogP contribution in [0.1, 0.15) is 32.3 Å². The molecule has 0 saturated carbocycles. The summed E-state index contributed by atoms with van der Waals surface area (Å²) in [5, 5.41) is 11.4. The average Bonchev–Trinajstić information content (AvgIpc) is 3.06. The zero-order valence-electron chi connectivity index (χ0n) is 14.7. The van der Waals surface area contributed by atoms with E-state index in [4.69, 9.17) is 9.47 Å². The first kappa shape index (κ1) is 19.5. The maximum Gasteiger partial charge on any atom is 0.226 e. The fraction of sp³-hybridized carbons (Fsp3) is 0.471. The molecule has 0 bridgehead atoms. The van der Waals surface area contributed by atoms with Crippen molar-refractivity contribution in [1.82, 2.24) is 10.2 Å². The van der Waals surface area contributed by atoms with Crippen LogP contribution in [0.2, 0.25) is 0 Å². The molecule has 1 heterocycles. The molecule has 1 aromatic heterocycles. The molecule has 0 saturated heterocycles. The highest BCUT2D eigenvalue weighted by atomic mass is 32.2. The Morgan fingerprint density at radius 1 is 1.28 bits per heavy atom. The van der Waals surface area contributed by atoms with E-state index >= 15 is 0 Å². The third-order valence-corrected chi connectivity index (χ3v) is 5.43. The Morgan fingerprint density at radius 2 is 2.12 bits per heavy atom. The molecule has 0 unspecified atom stereocenters. The lowest BCUT2D eigenvalue weighted by Gasteiger charge is -2.10. The second-order valence-electron chi connectivity index (χ2n) is 5.19. The number of ether oxygens (including phenoxy) is 2. The molecule has 136 valence electrons. The third-order valence-electron chi connectivity index (χ3n) is 3.25. The van der Waals surface area contributed by atoms with E-state index in [1.807, 2.05) is 25.1 Å². The van der Waals surface area contributed by atoms with Crippen molar-refractivity contribution in [3.63, 3.8) is 0 Å². The molecule has 2 rings (SSSR count). The van der Waals surface area contributed by atoms with Crippen molar-refractivity contribution in [3.8, 4) is 11.5 Å². The topological polar surface area (TPSA) is 73.3 Å². The van der Waals surface area contributed by atoms with Crippen molar-refractivity contribution in [2.45, 2.75) is 37.4 Å². The summed E-state index contributed by atoms with van der Waals surface area (Å²) in [5.41, 5.74) is 1.02. The number of hydrogen-bond acceptors (Lipinski definition) is 7. The zero-order chi connectivity index (χ0) is 18.1. The molecule has 0 radical (unpaired) electrons. The minimum Gasteiger partial charge on any atom is -0.493 e. The van der Waals surface area contributed by atoms with Gasteiger partial charge in [-0.3, -0.25) is 4.79 Å². The van der Waals surface area contributed by atoms with Crippen molar-refractivity contribution in [2.24, 2.45) is 0 Å². The van der Waals surface area contributed by atoms with Crippen LogP contribution in [0, 0.1) is 0 Å². The molecule has 8 heteroatoms. The van der Waals surface area contributed by atoms with Crippen LogP contribution in [0.25, 0.3) is 0 Å². The lowest BCUT2D eigenvalue weighted by atomic mass is 10.1. The molecule has 2 aromatic rings. The standard InChI is InChI=1S/C17H23N3O3S2/c1-4-10-24-17-20-19-16(25-17)18-15(21)9-7-12-6-8-13(23-5-2)14(11-12)22-3/h6,8,11H,4-5,7,9-10H2,1-3H3,(H,18,19,21). The average molecular weight is 382 g/mol. The Hall–Kier alpha value is -1.80. The van der Waals surface area contributed by atoms with Crippen LogP contribution in [0.5, 0.6) is 11.5 Å². The van der Waals surface area contributed by atoms with E-state index in [1.165, 1.54) is 11.3 Å². The summed E-state index contributed by atoms with van der Waals surface area (Å²) in [6.45, 7) is 4.63. The van der Waals surface area contributed by atoms with Crippen LogP contribution >= 0.6 is 23.1 Å². The van der Waals surface area contributed by atoms with Gasteiger partial charge in [-0.05, 0) is 37.5 Å². The SMILES string of the molecule is CCCSc1nnc(NC(=O)CCc2ccc(OCC)c(OC)c2)s1. The highest BCUT2D eigenvalue weighted by Gasteiger charge is 2.10. The van der Waals surface area contributed by atoms with Gasteiger partial charge in [0.05, 0.1) is 13.7 Å². The molecular formula is C17H23N3O3S2. The highest BCUT2D eigenvalue weighted by Crippen LogP contribution is 2.29. The van der Waals surface area contributed by atoms with Gasteiger partial charge in [0.15, 0.2) is 15.8 Å². The van der Waals surface area contributed by atoms with E-state index in [1.54, 1.807) is 18.9 Å². The van der Waals surface area contributed by atoms with Crippen LogP contribution in [0.4, 0.5) is 5.13 Å². The number of nitrogens with zero attached hydrogens (tertiary/aromatic N) is 2. The summed E-state index contributed by atoms with van der Waals surface area (Å²) in [7, 11) is 1.61. The second-order valence-corrected chi connectivity index (χ2v) is 7.51. The van der Waals surface area contributed by atoms with Crippen LogP contribution < -0.4 is 14.8 Å². The molecule has 0 aliphatic rings. The largest absolute Gasteiger partial charge is 0.493 e. The second kappa shape index (κ2) is 10.2. The molecule has 0 fully saturated rings. The summed E-state index contributed by atoms with van der Waals surface area (Å²) in [6.07, 6.45) is 2.07. The van der Waals surface area contributed by atoms with Crippen LogP contribution in [0.3, 0.4) is 0 Å². The Bertz CT molecular complexity index is 692. The van der Waals surface area contributed by atoms with Crippen molar-refractivity contribution in [1.29, 1.82) is 0 Å². The molecule has 6 nitrogen and oxygen atoms in total. The van der Waals surface area contributed by atoms with Gasteiger partial charge < -0.3 is 14.8 Å². The van der Waals surface area contributed by atoms with Gasteiger partial charge in [-0.15, -0.1) is 10.2 Å². The van der Waals surface area contributed by atoms with Gasteiger partial charge in [-0.25, -0.2) is 0 Å². The first-order valence-corrected chi connectivity index (χ1v) is 10.0. The van der Waals surface area contributed by atoms with Gasteiger partial charge in [0.25, 0.3) is 0 Å². The molecule has 1 N–H and O–H groups in total. The summed E-state index contributed by atoms with van der Waals surface area (Å²) >= 11 is 3.06. The van der Waals surface area contributed by atoms with E-state index < -0.39 is 0 Å². The molecule has 0 atom stereocenters. The van der Waals surface area contributed by atoms with Crippen molar-refractivity contribution >= 4 is 34.1 Å². The number of aryl methyl sites for hydroxylation is 1. The van der Waals surface area contributed by atoms with E-state index in [0.29, 0.717) is 36.1 Å². The zero-order valence-corrected chi connectivity index (χ0v) is 16.3. The molecule has 0 aliphatic heterocycles. The Kier molecular flexibility index (Phi) is 8.00. The van der Waals surface area contributed by atoms with Gasteiger partial charge >= 0.3 is 0 Å². The van der Waals surface area contributed by atoms with Gasteiger partial charge in [-0.2, -0.15) is 0 Å². The molecule has 1 amide bonds. The van der Waals surface area contributed by atoms with Gasteiger partial charge in [0.2, 0.25) is 11.0 Å².